The summed E-state index contributed by atoms with van der Waals surface area (Å²) in [5.41, 5.74) is 1.39. The topological polar surface area (TPSA) is 16.1 Å². The lowest BCUT2D eigenvalue weighted by Gasteiger charge is -2.32. The fourth-order valence-electron chi connectivity index (χ4n) is 2.38. The van der Waals surface area contributed by atoms with E-state index in [0.717, 1.165) is 6.04 Å². The molecule has 2 heterocycles. The molecule has 1 aromatic rings. The molecule has 1 saturated heterocycles. The largest absolute Gasteiger partial charge is 0.282 e. The molecule has 2 atom stereocenters. The normalized spacial score (nSPS) is 26.5. The Morgan fingerprint density at radius 1 is 1.44 bits per heavy atom. The van der Waals surface area contributed by atoms with Crippen LogP contribution in [-0.4, -0.2) is 27.7 Å². The van der Waals surface area contributed by atoms with Crippen LogP contribution in [0.3, 0.4) is 0 Å². The molecule has 0 bridgehead atoms. The minimum absolute atomic E-state index is 0.521. The Kier molecular flexibility index (Phi) is 3.87. The molecule has 1 unspecified atom stereocenters. The summed E-state index contributed by atoms with van der Waals surface area (Å²) in [5.74, 6) is 1.25. The fraction of sp³-hybridized carbons (Fsp3) is 0.615. The van der Waals surface area contributed by atoms with E-state index in [-0.39, 0.29) is 0 Å². The average Bonchev–Trinajstić information content (AvgIpc) is 2.73. The van der Waals surface area contributed by atoms with Crippen molar-refractivity contribution in [1.29, 1.82) is 0 Å². The van der Waals surface area contributed by atoms with Crippen molar-refractivity contribution in [3.05, 3.63) is 30.1 Å². The van der Waals surface area contributed by atoms with Gasteiger partial charge < -0.3 is 0 Å². The Morgan fingerprint density at radius 3 is 2.69 bits per heavy atom. The lowest BCUT2D eigenvalue weighted by Crippen LogP contribution is -2.37. The summed E-state index contributed by atoms with van der Waals surface area (Å²) in [5, 5.41) is 0.521. The molecular formula is C13H20N2S. The van der Waals surface area contributed by atoms with Crippen LogP contribution in [0.4, 0.5) is 0 Å². The lowest BCUT2D eigenvalue weighted by molar-refractivity contribution is 0.163. The van der Waals surface area contributed by atoms with Crippen molar-refractivity contribution >= 4 is 11.8 Å². The van der Waals surface area contributed by atoms with E-state index in [1.807, 2.05) is 12.4 Å². The molecule has 2 rings (SSSR count). The van der Waals surface area contributed by atoms with E-state index < -0.39 is 0 Å². The molecular weight excluding hydrogens is 216 g/mol. The molecule has 0 N–H and O–H groups in total. The summed E-state index contributed by atoms with van der Waals surface area (Å²) in [7, 11) is 0. The second-order valence-electron chi connectivity index (χ2n) is 4.57. The second-order valence-corrected chi connectivity index (χ2v) is 5.68. The molecule has 0 aromatic carbocycles. The van der Waals surface area contributed by atoms with E-state index in [1.165, 1.54) is 17.7 Å². The van der Waals surface area contributed by atoms with Gasteiger partial charge in [-0.05, 0) is 38.0 Å². The van der Waals surface area contributed by atoms with E-state index >= 15 is 0 Å². The van der Waals surface area contributed by atoms with E-state index in [4.69, 9.17) is 0 Å². The van der Waals surface area contributed by atoms with E-state index in [2.05, 4.69) is 54.5 Å². The Labute approximate surface area is 102 Å². The zero-order valence-electron chi connectivity index (χ0n) is 10.3. The van der Waals surface area contributed by atoms with Crippen LogP contribution in [-0.2, 0) is 0 Å². The highest BCUT2D eigenvalue weighted by Crippen LogP contribution is 2.43. The van der Waals surface area contributed by atoms with Gasteiger partial charge in [0.15, 0.2) is 0 Å². The van der Waals surface area contributed by atoms with Crippen molar-refractivity contribution in [2.45, 2.75) is 44.6 Å². The third-order valence-corrected chi connectivity index (χ3v) is 4.61. The number of hydrogen-bond donors (Lipinski definition) is 0. The minimum atomic E-state index is 0.521. The first-order chi connectivity index (χ1) is 7.74. The van der Waals surface area contributed by atoms with Crippen LogP contribution in [0.1, 0.15) is 38.1 Å². The molecule has 0 aliphatic carbocycles. The Bertz CT molecular complexity index is 326. The average molecular weight is 236 g/mol. The number of nitrogens with zero attached hydrogens (tertiary/aromatic N) is 2. The number of hydrogen-bond acceptors (Lipinski definition) is 3. The summed E-state index contributed by atoms with van der Waals surface area (Å²) in [6.07, 6.45) is 5.04. The molecule has 88 valence electrons. The highest BCUT2D eigenvalue weighted by atomic mass is 32.2. The van der Waals surface area contributed by atoms with Crippen molar-refractivity contribution in [2.24, 2.45) is 0 Å². The molecule has 2 nitrogen and oxygen atoms in total. The van der Waals surface area contributed by atoms with Crippen LogP contribution in [0.15, 0.2) is 24.5 Å². The molecule has 0 spiro atoms. The number of thioether (sulfide) groups is 1. The van der Waals surface area contributed by atoms with Crippen LogP contribution >= 0.6 is 11.8 Å². The summed E-state index contributed by atoms with van der Waals surface area (Å²) in [4.78, 5) is 6.74. The molecule has 0 amide bonds. The predicted molar refractivity (Wildman–Crippen MR) is 70.5 cm³/mol. The number of pyridine rings is 1. The maximum absolute atomic E-state index is 4.10. The van der Waals surface area contributed by atoms with Crippen LogP contribution in [0, 0.1) is 0 Å². The van der Waals surface area contributed by atoms with Crippen molar-refractivity contribution in [3.8, 4) is 0 Å². The molecule has 16 heavy (non-hydrogen) atoms. The first kappa shape index (κ1) is 11.9. The molecule has 1 fully saturated rings. The van der Waals surface area contributed by atoms with E-state index in [1.54, 1.807) is 0 Å². The lowest BCUT2D eigenvalue weighted by atomic mass is 10.1. The first-order valence-electron chi connectivity index (χ1n) is 6.03. The Balaban J connectivity index is 2.22. The Hall–Kier alpha value is -0.540. The third-order valence-electron chi connectivity index (χ3n) is 3.20. The second kappa shape index (κ2) is 5.19. The zero-order valence-corrected chi connectivity index (χ0v) is 11.1. The van der Waals surface area contributed by atoms with Crippen LogP contribution < -0.4 is 0 Å². The summed E-state index contributed by atoms with van der Waals surface area (Å²) in [6.45, 7) is 6.88. The SMILES string of the molecule is CC[C@@H]1CSC(c2ccncc2)N1C(C)C. The smallest absolute Gasteiger partial charge is 0.0820 e. The van der Waals surface area contributed by atoms with Crippen molar-refractivity contribution < 1.29 is 0 Å². The molecule has 3 heteroatoms. The van der Waals surface area contributed by atoms with Crippen molar-refractivity contribution in [3.63, 3.8) is 0 Å². The monoisotopic (exact) mass is 236 g/mol. The van der Waals surface area contributed by atoms with Gasteiger partial charge in [-0.15, -0.1) is 11.8 Å². The van der Waals surface area contributed by atoms with Crippen molar-refractivity contribution in [1.82, 2.24) is 9.88 Å². The summed E-state index contributed by atoms with van der Waals surface area (Å²) >= 11 is 2.06. The molecule has 1 aromatic heterocycles. The maximum atomic E-state index is 4.10. The number of rotatable bonds is 3. The highest BCUT2D eigenvalue weighted by molar-refractivity contribution is 7.99. The molecule has 0 saturated carbocycles. The summed E-state index contributed by atoms with van der Waals surface area (Å²) in [6, 6.07) is 5.62. The minimum Gasteiger partial charge on any atom is -0.282 e. The number of aromatic nitrogens is 1. The van der Waals surface area contributed by atoms with Gasteiger partial charge in [-0.1, -0.05) is 6.92 Å². The highest BCUT2D eigenvalue weighted by Gasteiger charge is 2.35. The van der Waals surface area contributed by atoms with Crippen LogP contribution in [0.2, 0.25) is 0 Å². The standard InChI is InChI=1S/C13H20N2S/c1-4-12-9-16-13(15(12)10(2)3)11-5-7-14-8-6-11/h5-8,10,12-13H,4,9H2,1-3H3/t12-,13?/m1/s1. The van der Waals surface area contributed by atoms with Gasteiger partial charge in [-0.2, -0.15) is 0 Å². The first-order valence-corrected chi connectivity index (χ1v) is 7.08. The van der Waals surface area contributed by atoms with Crippen LogP contribution in [0.5, 0.6) is 0 Å². The zero-order chi connectivity index (χ0) is 11.5. The maximum Gasteiger partial charge on any atom is 0.0820 e. The summed E-state index contributed by atoms with van der Waals surface area (Å²) < 4.78 is 0. The van der Waals surface area contributed by atoms with Gasteiger partial charge >= 0.3 is 0 Å². The molecule has 1 aliphatic heterocycles. The molecule has 0 radical (unpaired) electrons. The quantitative estimate of drug-likeness (QED) is 0.801. The predicted octanol–water partition coefficient (Wildman–Crippen LogP) is 3.32. The van der Waals surface area contributed by atoms with E-state index in [0.29, 0.717) is 11.4 Å². The third kappa shape index (κ3) is 2.25. The van der Waals surface area contributed by atoms with Gasteiger partial charge in [-0.3, -0.25) is 9.88 Å². The van der Waals surface area contributed by atoms with Crippen molar-refractivity contribution in [2.75, 3.05) is 5.75 Å². The molecule has 1 aliphatic rings. The van der Waals surface area contributed by atoms with Gasteiger partial charge in [0.25, 0.3) is 0 Å². The van der Waals surface area contributed by atoms with Gasteiger partial charge in [0, 0.05) is 30.2 Å². The van der Waals surface area contributed by atoms with Gasteiger partial charge in [0.05, 0.1) is 5.37 Å². The Morgan fingerprint density at radius 2 is 2.12 bits per heavy atom. The van der Waals surface area contributed by atoms with Gasteiger partial charge in [-0.25, -0.2) is 0 Å². The van der Waals surface area contributed by atoms with Crippen LogP contribution in [0.25, 0.3) is 0 Å². The fourth-order valence-corrected chi connectivity index (χ4v) is 4.13. The van der Waals surface area contributed by atoms with Gasteiger partial charge in [0.2, 0.25) is 0 Å². The van der Waals surface area contributed by atoms with Gasteiger partial charge in [0.1, 0.15) is 0 Å². The van der Waals surface area contributed by atoms with E-state index in [9.17, 15) is 0 Å².